The molecule has 0 atom stereocenters. The Bertz CT molecular complexity index is 520. The molecule has 0 aliphatic rings. The summed E-state index contributed by atoms with van der Waals surface area (Å²) in [4.78, 5) is 0. The van der Waals surface area contributed by atoms with Crippen molar-refractivity contribution in [2.45, 2.75) is 38.5 Å². The maximum Gasteiger partial charge on any atom is 0.131 e. The molecule has 0 bridgehead atoms. The van der Waals surface area contributed by atoms with Gasteiger partial charge in [0.25, 0.3) is 0 Å². The predicted octanol–water partition coefficient (Wildman–Crippen LogP) is 6.18. The van der Waals surface area contributed by atoms with Crippen LogP contribution in [0.3, 0.4) is 0 Å². The van der Waals surface area contributed by atoms with Crippen molar-refractivity contribution in [2.75, 3.05) is 0 Å². The van der Waals surface area contributed by atoms with Crippen LogP contribution in [0.4, 0.5) is 8.78 Å². The molecule has 0 amide bonds. The first-order valence-electron chi connectivity index (χ1n) is 7.86. The van der Waals surface area contributed by atoms with Crippen LogP contribution in [0.2, 0.25) is 0 Å². The van der Waals surface area contributed by atoms with Crippen LogP contribution >= 0.6 is 0 Å². The summed E-state index contributed by atoms with van der Waals surface area (Å²) in [5, 5.41) is 0. The fourth-order valence-corrected chi connectivity index (χ4v) is 2.46. The molecular weight excluding hydrogens is 278 g/mol. The van der Waals surface area contributed by atoms with Gasteiger partial charge in [0.15, 0.2) is 0 Å². The van der Waals surface area contributed by atoms with Gasteiger partial charge in [0.2, 0.25) is 0 Å². The molecular formula is C20H22F2. The lowest BCUT2D eigenvalue weighted by Crippen LogP contribution is -1.90. The van der Waals surface area contributed by atoms with E-state index in [-0.39, 0.29) is 12.8 Å². The van der Waals surface area contributed by atoms with Gasteiger partial charge in [-0.1, -0.05) is 60.7 Å². The molecule has 0 N–H and O–H groups in total. The van der Waals surface area contributed by atoms with Crippen LogP contribution in [0.1, 0.15) is 36.8 Å². The van der Waals surface area contributed by atoms with Crippen LogP contribution in [-0.2, 0) is 12.8 Å². The number of hydrogen-bond acceptors (Lipinski definition) is 0. The molecule has 0 heterocycles. The highest BCUT2D eigenvalue weighted by molar-refractivity contribution is 5.16. The Morgan fingerprint density at radius 2 is 0.955 bits per heavy atom. The summed E-state index contributed by atoms with van der Waals surface area (Å²) in [7, 11) is 0. The van der Waals surface area contributed by atoms with Crippen molar-refractivity contribution in [3.05, 3.63) is 83.4 Å². The monoisotopic (exact) mass is 300 g/mol. The molecule has 0 aromatic heterocycles. The SMILES string of the molecule is F/C(CCCc1ccccc1)=C(/F)CCCc1ccccc1. The second kappa shape index (κ2) is 9.14. The van der Waals surface area contributed by atoms with Crippen LogP contribution in [-0.4, -0.2) is 0 Å². The zero-order valence-corrected chi connectivity index (χ0v) is 12.8. The first-order valence-corrected chi connectivity index (χ1v) is 7.86. The minimum atomic E-state index is -0.580. The smallest absolute Gasteiger partial charge is 0.131 e. The van der Waals surface area contributed by atoms with E-state index in [4.69, 9.17) is 0 Å². The normalized spacial score (nSPS) is 12.1. The van der Waals surface area contributed by atoms with Gasteiger partial charge in [0.1, 0.15) is 11.7 Å². The van der Waals surface area contributed by atoms with Gasteiger partial charge >= 0.3 is 0 Å². The quantitative estimate of drug-likeness (QED) is 0.546. The largest absolute Gasteiger partial charge is 0.209 e. The molecule has 0 spiro atoms. The van der Waals surface area contributed by atoms with E-state index < -0.39 is 11.7 Å². The maximum atomic E-state index is 13.7. The molecule has 2 rings (SSSR count). The van der Waals surface area contributed by atoms with Crippen LogP contribution in [0.5, 0.6) is 0 Å². The van der Waals surface area contributed by atoms with Crippen molar-refractivity contribution in [1.29, 1.82) is 0 Å². The van der Waals surface area contributed by atoms with Gasteiger partial charge in [-0.15, -0.1) is 0 Å². The Morgan fingerprint density at radius 3 is 1.32 bits per heavy atom. The number of benzene rings is 2. The average Bonchev–Trinajstić information content (AvgIpc) is 2.56. The number of halogens is 2. The summed E-state index contributed by atoms with van der Waals surface area (Å²) in [6.45, 7) is 0. The summed E-state index contributed by atoms with van der Waals surface area (Å²) >= 11 is 0. The zero-order chi connectivity index (χ0) is 15.6. The van der Waals surface area contributed by atoms with Gasteiger partial charge in [-0.05, 0) is 36.8 Å². The van der Waals surface area contributed by atoms with Crippen molar-refractivity contribution in [3.63, 3.8) is 0 Å². The second-order valence-electron chi connectivity index (χ2n) is 5.49. The van der Waals surface area contributed by atoms with Gasteiger partial charge < -0.3 is 0 Å². The molecule has 2 aromatic rings. The molecule has 22 heavy (non-hydrogen) atoms. The highest BCUT2D eigenvalue weighted by Crippen LogP contribution is 2.20. The Balaban J connectivity index is 1.70. The zero-order valence-electron chi connectivity index (χ0n) is 12.8. The van der Waals surface area contributed by atoms with Gasteiger partial charge in [-0.25, -0.2) is 8.78 Å². The third-order valence-electron chi connectivity index (χ3n) is 3.70. The summed E-state index contributed by atoms with van der Waals surface area (Å²) in [5.41, 5.74) is 2.33. The van der Waals surface area contributed by atoms with Crippen molar-refractivity contribution < 1.29 is 8.78 Å². The number of allylic oxidation sites excluding steroid dienone is 2. The number of hydrogen-bond donors (Lipinski definition) is 0. The van der Waals surface area contributed by atoms with E-state index >= 15 is 0 Å². The van der Waals surface area contributed by atoms with Crippen molar-refractivity contribution in [1.82, 2.24) is 0 Å². The fourth-order valence-electron chi connectivity index (χ4n) is 2.46. The molecule has 2 aromatic carbocycles. The van der Waals surface area contributed by atoms with Crippen molar-refractivity contribution in [3.8, 4) is 0 Å². The molecule has 0 radical (unpaired) electrons. The predicted molar refractivity (Wildman–Crippen MR) is 88.0 cm³/mol. The van der Waals surface area contributed by atoms with Gasteiger partial charge in [-0.3, -0.25) is 0 Å². The van der Waals surface area contributed by atoms with Crippen LogP contribution in [0, 0.1) is 0 Å². The van der Waals surface area contributed by atoms with Crippen molar-refractivity contribution >= 4 is 0 Å². The molecule has 116 valence electrons. The molecule has 0 nitrogen and oxygen atoms in total. The summed E-state index contributed by atoms with van der Waals surface area (Å²) < 4.78 is 27.5. The molecule has 0 saturated carbocycles. The fraction of sp³-hybridized carbons (Fsp3) is 0.300. The Morgan fingerprint density at radius 1 is 0.591 bits per heavy atom. The summed E-state index contributed by atoms with van der Waals surface area (Å²) in [6.07, 6.45) is 3.22. The van der Waals surface area contributed by atoms with Crippen LogP contribution in [0.15, 0.2) is 72.3 Å². The van der Waals surface area contributed by atoms with Crippen LogP contribution in [0.25, 0.3) is 0 Å². The van der Waals surface area contributed by atoms with E-state index in [2.05, 4.69) is 0 Å². The molecule has 0 fully saturated rings. The van der Waals surface area contributed by atoms with Gasteiger partial charge in [-0.2, -0.15) is 0 Å². The van der Waals surface area contributed by atoms with E-state index in [1.807, 2.05) is 60.7 Å². The highest BCUT2D eigenvalue weighted by atomic mass is 19.2. The van der Waals surface area contributed by atoms with E-state index in [1.165, 1.54) is 11.1 Å². The maximum absolute atomic E-state index is 13.7. The lowest BCUT2D eigenvalue weighted by molar-refractivity contribution is 0.474. The molecule has 2 heteroatoms. The second-order valence-corrected chi connectivity index (χ2v) is 5.49. The minimum absolute atomic E-state index is 0.187. The number of aryl methyl sites for hydroxylation is 2. The lowest BCUT2D eigenvalue weighted by Gasteiger charge is -2.03. The minimum Gasteiger partial charge on any atom is -0.209 e. The van der Waals surface area contributed by atoms with E-state index in [9.17, 15) is 8.78 Å². The van der Waals surface area contributed by atoms with Crippen molar-refractivity contribution in [2.24, 2.45) is 0 Å². The first kappa shape index (κ1) is 16.4. The topological polar surface area (TPSA) is 0 Å². The summed E-state index contributed by atoms with van der Waals surface area (Å²) in [6, 6.07) is 19.8. The van der Waals surface area contributed by atoms with E-state index in [1.54, 1.807) is 0 Å². The third kappa shape index (κ3) is 5.80. The van der Waals surface area contributed by atoms with Gasteiger partial charge in [0.05, 0.1) is 0 Å². The highest BCUT2D eigenvalue weighted by Gasteiger charge is 2.06. The van der Waals surface area contributed by atoms with Crippen LogP contribution < -0.4 is 0 Å². The summed E-state index contributed by atoms with van der Waals surface area (Å²) in [5.74, 6) is -1.16. The van der Waals surface area contributed by atoms with E-state index in [0.29, 0.717) is 12.8 Å². The third-order valence-corrected chi connectivity index (χ3v) is 3.70. The molecule has 0 saturated heterocycles. The molecule has 0 aliphatic heterocycles. The Hall–Kier alpha value is -1.96. The number of rotatable bonds is 8. The molecule has 0 aliphatic carbocycles. The first-order chi connectivity index (χ1) is 10.8. The molecule has 0 unspecified atom stereocenters. The Kier molecular flexibility index (Phi) is 6.82. The van der Waals surface area contributed by atoms with E-state index in [0.717, 1.165) is 12.8 Å². The standard InChI is InChI=1S/C20H22F2/c21-19(15-7-13-17-9-3-1-4-10-17)20(22)16-8-14-18-11-5-2-6-12-18/h1-6,9-12H,7-8,13-16H2/b20-19+. The average molecular weight is 300 g/mol. The lowest BCUT2D eigenvalue weighted by atomic mass is 10.1. The Labute approximate surface area is 131 Å². The van der Waals surface area contributed by atoms with Gasteiger partial charge in [0, 0.05) is 12.8 Å².